The number of hydrogen-bond donors (Lipinski definition) is 1. The monoisotopic (exact) mass is 983 g/mol. The molecule has 68 heavy (non-hydrogen) atoms. The second-order valence-electron chi connectivity index (χ2n) is 15.4. The summed E-state index contributed by atoms with van der Waals surface area (Å²) in [6, 6.07) is 39.4. The largest absolute Gasteiger partial charge is 0.456 e. The fourth-order valence-corrected chi connectivity index (χ4v) is 7.47. The Bertz CT molecular complexity index is 2780. The van der Waals surface area contributed by atoms with Gasteiger partial charge in [-0.1, -0.05) is 24.3 Å². The van der Waals surface area contributed by atoms with E-state index < -0.39 is 0 Å². The molecule has 1 aromatic carbocycles. The maximum Gasteiger partial charge on any atom is 0.221 e. The Balaban J connectivity index is 0.000000244. The number of aromatic nitrogens is 6. The van der Waals surface area contributed by atoms with Crippen molar-refractivity contribution in [1.29, 1.82) is 5.26 Å². The molecule has 7 aromatic rings. The molecule has 6 aromatic heterocycles. The molecule has 0 unspecified atom stereocenters. The van der Waals surface area contributed by atoms with Gasteiger partial charge in [-0.05, 0) is 152 Å². The number of hydrogen-bond acceptors (Lipinski definition) is 10. The van der Waals surface area contributed by atoms with E-state index in [0.717, 1.165) is 94.6 Å². The number of terminal acetylenes is 1. The minimum Gasteiger partial charge on any atom is -0.456 e. The van der Waals surface area contributed by atoms with Gasteiger partial charge in [0.25, 0.3) is 0 Å². The minimum absolute atomic E-state index is 0. The van der Waals surface area contributed by atoms with Crippen LogP contribution in [0.4, 0.5) is 5.69 Å². The van der Waals surface area contributed by atoms with E-state index in [1.807, 2.05) is 103 Å². The Kier molecular flexibility index (Phi) is 18.7. The van der Waals surface area contributed by atoms with Gasteiger partial charge < -0.3 is 15.0 Å². The molecule has 0 spiro atoms. The Hall–Kier alpha value is -7.92. The molecule has 12 heteroatoms. The van der Waals surface area contributed by atoms with E-state index in [1.165, 1.54) is 5.57 Å². The molecule has 340 valence electrons. The van der Waals surface area contributed by atoms with E-state index in [0.29, 0.717) is 36.3 Å². The van der Waals surface area contributed by atoms with E-state index in [9.17, 15) is 10.1 Å². The number of amides is 1. The second-order valence-corrected chi connectivity index (χ2v) is 15.4. The van der Waals surface area contributed by atoms with Gasteiger partial charge in [0.15, 0.2) is 0 Å². The smallest absolute Gasteiger partial charge is 0.221 e. The van der Waals surface area contributed by atoms with Crippen molar-refractivity contribution in [3.05, 3.63) is 192 Å². The number of anilines is 1. The zero-order valence-corrected chi connectivity index (χ0v) is 39.8. The number of nitrogens with one attached hydrogen (secondary N) is 1. The first-order chi connectivity index (χ1) is 33.0. The number of nitriles is 1. The van der Waals surface area contributed by atoms with Crippen LogP contribution in [0.3, 0.4) is 0 Å². The SMILES string of the molecule is C#CCCC(=O)NCc1ccnc(-c2cc(/C(C#N)=C/C3=C4Oc5cc(N(CC)CC)ccc5C=C4CCC3)ccn2)c1.[Ru].c1ccc(-c2ccccn2)nc1.c1ccc(-c2ccccn2)nc1. The molecule has 9 rings (SSSR count). The third-order valence-electron chi connectivity index (χ3n) is 10.9. The fraction of sp³-hybridized carbons (Fsp3) is 0.179. The maximum absolute atomic E-state index is 12.0. The number of ether oxygens (including phenoxy) is 1. The molecule has 0 bridgehead atoms. The Morgan fingerprint density at radius 2 is 1.29 bits per heavy atom. The number of carbonyl (C=O) groups is 1. The van der Waals surface area contributed by atoms with Crippen molar-refractivity contribution in [3.63, 3.8) is 0 Å². The molecule has 7 heterocycles. The summed E-state index contributed by atoms with van der Waals surface area (Å²) in [4.78, 5) is 40.0. The van der Waals surface area contributed by atoms with E-state index in [4.69, 9.17) is 11.2 Å². The van der Waals surface area contributed by atoms with Crippen LogP contribution in [0.15, 0.2) is 175 Å². The Morgan fingerprint density at radius 1 is 0.721 bits per heavy atom. The van der Waals surface area contributed by atoms with Crippen LogP contribution < -0.4 is 15.0 Å². The zero-order chi connectivity index (χ0) is 46.6. The summed E-state index contributed by atoms with van der Waals surface area (Å²) in [5.74, 6) is 4.09. The maximum atomic E-state index is 12.0. The first-order valence-electron chi connectivity index (χ1n) is 22.4. The van der Waals surface area contributed by atoms with Crippen molar-refractivity contribution in [3.8, 4) is 58.3 Å². The van der Waals surface area contributed by atoms with Crippen LogP contribution in [0.1, 0.15) is 62.6 Å². The van der Waals surface area contributed by atoms with Crippen LogP contribution in [-0.2, 0) is 30.8 Å². The minimum atomic E-state index is -0.0916. The number of benzene rings is 1. The topological polar surface area (TPSA) is 143 Å². The number of allylic oxidation sites excluding steroid dienone is 4. The third kappa shape index (κ3) is 13.6. The van der Waals surface area contributed by atoms with Crippen molar-refractivity contribution in [1.82, 2.24) is 35.2 Å². The standard InChI is InChI=1S/C36H35N5O2.2C10H8N2.Ru/c1-4-7-11-35(42)40-24-25-14-16-38-32(18-25)33-21-26(15-17-39-33)30(23-37)20-29-10-8-9-28-19-27-12-13-31(41(5-2)6-3)22-34(27)43-36(28)29;2*1-3-7-11-9(5-1)10-6-2-4-8-12-10;/h1,12-22H,5-11,24H2,2-3H3,(H,40,42);2*1-8H;/b30-20+;;;. The summed E-state index contributed by atoms with van der Waals surface area (Å²) in [6.45, 7) is 6.53. The summed E-state index contributed by atoms with van der Waals surface area (Å²) in [5.41, 5.74) is 11.6. The van der Waals surface area contributed by atoms with Crippen molar-refractivity contribution in [2.75, 3.05) is 18.0 Å². The van der Waals surface area contributed by atoms with Gasteiger partial charge in [0.05, 0.1) is 45.8 Å². The molecule has 0 fully saturated rings. The molecule has 0 saturated carbocycles. The van der Waals surface area contributed by atoms with Crippen molar-refractivity contribution < 1.29 is 29.0 Å². The molecule has 1 aliphatic carbocycles. The van der Waals surface area contributed by atoms with Crippen LogP contribution in [-0.4, -0.2) is 48.9 Å². The van der Waals surface area contributed by atoms with Gasteiger partial charge in [-0.25, -0.2) is 0 Å². The molecular formula is C56H51N9O2Ru. The first kappa shape index (κ1) is 49.5. The predicted octanol–water partition coefficient (Wildman–Crippen LogP) is 11.1. The third-order valence-corrected chi connectivity index (χ3v) is 10.9. The average molecular weight is 983 g/mol. The molecule has 1 N–H and O–H groups in total. The Labute approximate surface area is 411 Å². The van der Waals surface area contributed by atoms with Crippen LogP contribution in [0.5, 0.6) is 5.75 Å². The van der Waals surface area contributed by atoms with Crippen LogP contribution in [0.2, 0.25) is 0 Å². The van der Waals surface area contributed by atoms with E-state index in [2.05, 4.69) is 90.2 Å². The molecule has 0 saturated heterocycles. The van der Waals surface area contributed by atoms with Gasteiger partial charge in [-0.3, -0.25) is 34.7 Å². The molecule has 0 radical (unpaired) electrons. The number of carbonyl (C=O) groups excluding carboxylic acids is 1. The quantitative estimate of drug-likeness (QED) is 0.0714. The number of nitrogens with zero attached hydrogens (tertiary/aromatic N) is 8. The molecule has 1 aliphatic heterocycles. The summed E-state index contributed by atoms with van der Waals surface area (Å²) in [7, 11) is 0. The van der Waals surface area contributed by atoms with E-state index in [1.54, 1.807) is 37.2 Å². The van der Waals surface area contributed by atoms with Crippen LogP contribution in [0.25, 0.3) is 45.8 Å². The molecular weight excluding hydrogens is 932 g/mol. The average Bonchev–Trinajstić information content (AvgIpc) is 3.40. The summed E-state index contributed by atoms with van der Waals surface area (Å²) < 4.78 is 6.55. The second kappa shape index (κ2) is 25.7. The van der Waals surface area contributed by atoms with E-state index >= 15 is 0 Å². The summed E-state index contributed by atoms with van der Waals surface area (Å²) in [6.07, 6.45) is 23.4. The molecule has 2 aliphatic rings. The number of rotatable bonds is 12. The van der Waals surface area contributed by atoms with Crippen molar-refractivity contribution >= 4 is 23.2 Å². The van der Waals surface area contributed by atoms with Gasteiger partial charge in [0.1, 0.15) is 11.5 Å². The van der Waals surface area contributed by atoms with Crippen molar-refractivity contribution in [2.24, 2.45) is 0 Å². The molecule has 1 amide bonds. The summed E-state index contributed by atoms with van der Waals surface area (Å²) in [5, 5.41) is 13.1. The predicted molar refractivity (Wildman–Crippen MR) is 265 cm³/mol. The van der Waals surface area contributed by atoms with E-state index in [-0.39, 0.29) is 25.4 Å². The summed E-state index contributed by atoms with van der Waals surface area (Å²) >= 11 is 0. The van der Waals surface area contributed by atoms with Gasteiger partial charge in [-0.15, -0.1) is 12.3 Å². The Morgan fingerprint density at radius 3 is 1.84 bits per heavy atom. The molecule has 0 atom stereocenters. The normalized spacial score (nSPS) is 12.2. The number of fused-ring (bicyclic) bond motifs is 2. The first-order valence-corrected chi connectivity index (χ1v) is 22.4. The fourth-order valence-electron chi connectivity index (χ4n) is 7.47. The van der Waals surface area contributed by atoms with Crippen LogP contribution in [0, 0.1) is 23.7 Å². The van der Waals surface area contributed by atoms with Gasteiger partial charge >= 0.3 is 0 Å². The molecule has 11 nitrogen and oxygen atoms in total. The van der Waals surface area contributed by atoms with Crippen molar-refractivity contribution in [2.45, 2.75) is 52.5 Å². The van der Waals surface area contributed by atoms with Gasteiger partial charge in [-0.2, -0.15) is 5.26 Å². The number of pyridine rings is 6. The zero-order valence-electron chi connectivity index (χ0n) is 38.1. The van der Waals surface area contributed by atoms with Crippen LogP contribution >= 0.6 is 0 Å². The van der Waals surface area contributed by atoms with Gasteiger partial charge in [0, 0.05) is 106 Å². The van der Waals surface area contributed by atoms with Gasteiger partial charge in [0.2, 0.25) is 5.91 Å².